The molecule has 4 heteroatoms. The van der Waals surface area contributed by atoms with Crippen LogP contribution in [0.2, 0.25) is 0 Å². The fraction of sp³-hybridized carbons (Fsp3) is 0.357. The highest BCUT2D eigenvalue weighted by Gasteiger charge is 2.15. The number of hydrogen-bond donors (Lipinski definition) is 2. The predicted molar refractivity (Wildman–Crippen MR) is 72.0 cm³/mol. The van der Waals surface area contributed by atoms with Crippen LogP contribution in [0.5, 0.6) is 0 Å². The summed E-state index contributed by atoms with van der Waals surface area (Å²) in [7, 11) is 1.91. The predicted octanol–water partition coefficient (Wildman–Crippen LogP) is 1.71. The summed E-state index contributed by atoms with van der Waals surface area (Å²) < 4.78 is 0. The van der Waals surface area contributed by atoms with Crippen molar-refractivity contribution in [2.45, 2.75) is 13.0 Å². The van der Waals surface area contributed by atoms with E-state index in [4.69, 9.17) is 0 Å². The molecule has 2 N–H and O–H groups in total. The van der Waals surface area contributed by atoms with Gasteiger partial charge in [0.2, 0.25) is 0 Å². The normalized spacial score (nSPS) is 14.9. The number of urea groups is 1. The van der Waals surface area contributed by atoms with Gasteiger partial charge in [0.15, 0.2) is 0 Å². The maximum atomic E-state index is 11.9. The first kappa shape index (κ1) is 12.5. The zero-order valence-corrected chi connectivity index (χ0v) is 10.6. The first-order valence-corrected chi connectivity index (χ1v) is 6.23. The molecule has 1 heterocycles. The molecule has 1 aliphatic rings. The van der Waals surface area contributed by atoms with E-state index in [2.05, 4.69) is 16.7 Å². The van der Waals surface area contributed by atoms with Crippen molar-refractivity contribution in [2.24, 2.45) is 0 Å². The van der Waals surface area contributed by atoms with Gasteiger partial charge in [-0.25, -0.2) is 4.79 Å². The molecule has 1 aromatic carbocycles. The fourth-order valence-electron chi connectivity index (χ4n) is 1.97. The second-order valence-electron chi connectivity index (χ2n) is 4.32. The Morgan fingerprint density at radius 1 is 1.33 bits per heavy atom. The third-order valence-electron chi connectivity index (χ3n) is 3.10. The molecule has 0 saturated heterocycles. The van der Waals surface area contributed by atoms with Crippen molar-refractivity contribution >= 4 is 6.03 Å². The van der Waals surface area contributed by atoms with Crippen molar-refractivity contribution < 1.29 is 4.79 Å². The Morgan fingerprint density at radius 2 is 2.11 bits per heavy atom. The third-order valence-corrected chi connectivity index (χ3v) is 3.10. The molecular formula is C14H19N3O. The number of rotatable bonds is 3. The minimum Gasteiger partial charge on any atom is -0.392 e. The molecular weight excluding hydrogens is 226 g/mol. The van der Waals surface area contributed by atoms with Gasteiger partial charge in [0.05, 0.1) is 0 Å². The summed E-state index contributed by atoms with van der Waals surface area (Å²) in [5.41, 5.74) is 2.33. The highest BCUT2D eigenvalue weighted by atomic mass is 16.2. The fourth-order valence-corrected chi connectivity index (χ4v) is 1.97. The van der Waals surface area contributed by atoms with Crippen LogP contribution in [0.1, 0.15) is 12.0 Å². The standard InChI is InChI=1S/C14H19N3O/c1-15-13-7-9-17(10-8-13)14(18)16-11-12-5-3-2-4-6-12/h2-7,15H,8-11H2,1H3,(H,16,18). The lowest BCUT2D eigenvalue weighted by Gasteiger charge is -2.26. The van der Waals surface area contributed by atoms with Crippen LogP contribution in [0.4, 0.5) is 4.79 Å². The van der Waals surface area contributed by atoms with Crippen LogP contribution < -0.4 is 10.6 Å². The second-order valence-corrected chi connectivity index (χ2v) is 4.32. The minimum absolute atomic E-state index is 0.00487. The monoisotopic (exact) mass is 245 g/mol. The molecule has 1 aromatic rings. The van der Waals surface area contributed by atoms with Crippen LogP contribution in [0, 0.1) is 0 Å². The van der Waals surface area contributed by atoms with E-state index >= 15 is 0 Å². The lowest BCUT2D eigenvalue weighted by molar-refractivity contribution is 0.201. The van der Waals surface area contributed by atoms with E-state index in [1.165, 1.54) is 5.70 Å². The Balaban J connectivity index is 1.81. The number of benzene rings is 1. The molecule has 4 nitrogen and oxygen atoms in total. The van der Waals surface area contributed by atoms with E-state index in [1.54, 1.807) is 0 Å². The Labute approximate surface area is 108 Å². The average molecular weight is 245 g/mol. The zero-order valence-electron chi connectivity index (χ0n) is 10.6. The molecule has 0 aliphatic carbocycles. The third kappa shape index (κ3) is 3.26. The Morgan fingerprint density at radius 3 is 2.72 bits per heavy atom. The van der Waals surface area contributed by atoms with E-state index in [-0.39, 0.29) is 6.03 Å². The molecule has 0 saturated carbocycles. The molecule has 96 valence electrons. The average Bonchev–Trinajstić information content (AvgIpc) is 2.46. The summed E-state index contributed by atoms with van der Waals surface area (Å²) in [6.07, 6.45) is 2.96. The number of hydrogen-bond acceptors (Lipinski definition) is 2. The van der Waals surface area contributed by atoms with Gasteiger partial charge in [-0.05, 0) is 11.6 Å². The van der Waals surface area contributed by atoms with Gasteiger partial charge < -0.3 is 15.5 Å². The number of carbonyl (C=O) groups excluding carboxylic acids is 1. The molecule has 18 heavy (non-hydrogen) atoms. The van der Waals surface area contributed by atoms with Crippen LogP contribution in [0.3, 0.4) is 0 Å². The van der Waals surface area contributed by atoms with Crippen LogP contribution in [0.25, 0.3) is 0 Å². The van der Waals surface area contributed by atoms with Gasteiger partial charge in [-0.2, -0.15) is 0 Å². The number of amides is 2. The first-order chi connectivity index (χ1) is 8.79. The smallest absolute Gasteiger partial charge is 0.317 e. The lowest BCUT2D eigenvalue weighted by Crippen LogP contribution is -2.42. The summed E-state index contributed by atoms with van der Waals surface area (Å²) in [5, 5.41) is 6.06. The Hall–Kier alpha value is -1.97. The van der Waals surface area contributed by atoms with Crippen molar-refractivity contribution in [1.29, 1.82) is 0 Å². The van der Waals surface area contributed by atoms with Gasteiger partial charge in [0.1, 0.15) is 0 Å². The summed E-state index contributed by atoms with van der Waals surface area (Å²) >= 11 is 0. The number of nitrogens with one attached hydrogen (secondary N) is 2. The van der Waals surface area contributed by atoms with E-state index < -0.39 is 0 Å². The maximum Gasteiger partial charge on any atom is 0.317 e. The van der Waals surface area contributed by atoms with Crippen LogP contribution >= 0.6 is 0 Å². The molecule has 2 rings (SSSR count). The maximum absolute atomic E-state index is 11.9. The summed E-state index contributed by atoms with van der Waals surface area (Å²) in [4.78, 5) is 13.8. The van der Waals surface area contributed by atoms with Gasteiger partial charge in [0, 0.05) is 38.8 Å². The molecule has 0 unspecified atom stereocenters. The van der Waals surface area contributed by atoms with Crippen molar-refractivity contribution in [3.63, 3.8) is 0 Å². The van der Waals surface area contributed by atoms with E-state index in [0.717, 1.165) is 18.5 Å². The van der Waals surface area contributed by atoms with Crippen LogP contribution in [0.15, 0.2) is 42.1 Å². The highest BCUT2D eigenvalue weighted by molar-refractivity contribution is 5.74. The quantitative estimate of drug-likeness (QED) is 0.851. The van der Waals surface area contributed by atoms with E-state index in [9.17, 15) is 4.79 Å². The van der Waals surface area contributed by atoms with Gasteiger partial charge in [-0.3, -0.25) is 0 Å². The van der Waals surface area contributed by atoms with E-state index in [0.29, 0.717) is 13.1 Å². The summed E-state index contributed by atoms with van der Waals surface area (Å²) in [6.45, 7) is 2.03. The number of nitrogens with zero attached hydrogens (tertiary/aromatic N) is 1. The molecule has 0 bridgehead atoms. The van der Waals surface area contributed by atoms with Crippen LogP contribution in [-0.2, 0) is 6.54 Å². The largest absolute Gasteiger partial charge is 0.392 e. The lowest BCUT2D eigenvalue weighted by atomic mass is 10.2. The SMILES string of the molecule is CNC1=CCN(C(=O)NCc2ccccc2)CC1. The van der Waals surface area contributed by atoms with Crippen molar-refractivity contribution in [3.8, 4) is 0 Å². The summed E-state index contributed by atoms with van der Waals surface area (Å²) in [5.74, 6) is 0. The summed E-state index contributed by atoms with van der Waals surface area (Å²) in [6, 6.07) is 9.95. The first-order valence-electron chi connectivity index (χ1n) is 6.23. The van der Waals surface area contributed by atoms with Crippen molar-refractivity contribution in [2.75, 3.05) is 20.1 Å². The molecule has 0 atom stereocenters. The van der Waals surface area contributed by atoms with Gasteiger partial charge >= 0.3 is 6.03 Å². The van der Waals surface area contributed by atoms with Gasteiger partial charge in [-0.1, -0.05) is 30.3 Å². The molecule has 0 aromatic heterocycles. The molecule has 2 amide bonds. The van der Waals surface area contributed by atoms with E-state index in [1.807, 2.05) is 42.3 Å². The van der Waals surface area contributed by atoms with Gasteiger partial charge in [-0.15, -0.1) is 0 Å². The minimum atomic E-state index is 0.00487. The second kappa shape index (κ2) is 6.10. The zero-order chi connectivity index (χ0) is 12.8. The van der Waals surface area contributed by atoms with Crippen molar-refractivity contribution in [3.05, 3.63) is 47.7 Å². The molecule has 1 aliphatic heterocycles. The van der Waals surface area contributed by atoms with Gasteiger partial charge in [0.25, 0.3) is 0 Å². The van der Waals surface area contributed by atoms with Crippen molar-refractivity contribution in [1.82, 2.24) is 15.5 Å². The highest BCUT2D eigenvalue weighted by Crippen LogP contribution is 2.07. The molecule has 0 radical (unpaired) electrons. The Bertz CT molecular complexity index is 428. The molecule has 0 fully saturated rings. The topological polar surface area (TPSA) is 44.4 Å². The Kier molecular flexibility index (Phi) is 4.23. The molecule has 0 spiro atoms. The van der Waals surface area contributed by atoms with Crippen LogP contribution in [-0.4, -0.2) is 31.1 Å². The number of carbonyl (C=O) groups is 1.